The molecule has 0 saturated heterocycles. The SMILES string of the molecule is CC1(C)c2cc(-c3cccc(N(c4ccccc4)c4ccc(-c5ccccc5)cc4)c3)ccc2N2c3c(cccc31)Oc1ccc3ccccc3c12. The van der Waals surface area contributed by atoms with Crippen molar-refractivity contribution in [3.8, 4) is 33.8 Å². The van der Waals surface area contributed by atoms with Crippen LogP contribution in [0.15, 0.2) is 182 Å². The summed E-state index contributed by atoms with van der Waals surface area (Å²) in [4.78, 5) is 4.79. The number of fused-ring (bicyclic) bond motifs is 6. The lowest BCUT2D eigenvalue weighted by molar-refractivity contribution is 0.472. The molecule has 0 fully saturated rings. The second kappa shape index (κ2) is 11.8. The number of ether oxygens (including phenoxy) is 1. The van der Waals surface area contributed by atoms with E-state index in [1.54, 1.807) is 0 Å². The largest absolute Gasteiger partial charge is 0.453 e. The van der Waals surface area contributed by atoms with E-state index in [0.29, 0.717) is 0 Å². The fraction of sp³-hybridized carbons (Fsp3) is 0.0612. The summed E-state index contributed by atoms with van der Waals surface area (Å²) < 4.78 is 6.62. The van der Waals surface area contributed by atoms with Gasteiger partial charge in [-0.1, -0.05) is 135 Å². The average Bonchev–Trinajstić information content (AvgIpc) is 3.20. The second-order valence-electron chi connectivity index (χ2n) is 14.2. The predicted octanol–water partition coefficient (Wildman–Crippen LogP) is 13.9. The Bertz CT molecular complexity index is 2630. The summed E-state index contributed by atoms with van der Waals surface area (Å²) in [6.45, 7) is 4.68. The first kappa shape index (κ1) is 30.3. The van der Waals surface area contributed by atoms with Crippen molar-refractivity contribution in [2.45, 2.75) is 19.3 Å². The minimum Gasteiger partial charge on any atom is -0.453 e. The molecule has 3 heteroatoms. The third kappa shape index (κ3) is 4.74. The maximum absolute atomic E-state index is 6.62. The van der Waals surface area contributed by atoms with Crippen molar-refractivity contribution in [1.29, 1.82) is 0 Å². The van der Waals surface area contributed by atoms with E-state index in [1.807, 2.05) is 0 Å². The summed E-state index contributed by atoms with van der Waals surface area (Å²) in [5.74, 6) is 1.78. The molecule has 2 heterocycles. The maximum Gasteiger partial charge on any atom is 0.152 e. The molecule has 0 N–H and O–H groups in total. The molecule has 0 aromatic heterocycles. The van der Waals surface area contributed by atoms with Crippen molar-refractivity contribution >= 4 is 44.9 Å². The highest BCUT2D eigenvalue weighted by molar-refractivity contribution is 6.06. The number of benzene rings is 8. The summed E-state index contributed by atoms with van der Waals surface area (Å²) in [6.07, 6.45) is 0. The summed E-state index contributed by atoms with van der Waals surface area (Å²) in [6, 6.07) is 65.3. The Morgan fingerprint density at radius 2 is 1.06 bits per heavy atom. The van der Waals surface area contributed by atoms with Crippen molar-refractivity contribution in [1.82, 2.24) is 0 Å². The van der Waals surface area contributed by atoms with Crippen LogP contribution in [0, 0.1) is 0 Å². The molecule has 0 atom stereocenters. The second-order valence-corrected chi connectivity index (χ2v) is 14.2. The molecule has 0 amide bonds. The number of hydrogen-bond donors (Lipinski definition) is 0. The van der Waals surface area contributed by atoms with Crippen LogP contribution in [0.4, 0.5) is 34.1 Å². The van der Waals surface area contributed by atoms with E-state index in [4.69, 9.17) is 4.74 Å². The van der Waals surface area contributed by atoms with Crippen LogP contribution in [0.25, 0.3) is 33.0 Å². The average molecular weight is 669 g/mol. The van der Waals surface area contributed by atoms with Gasteiger partial charge >= 0.3 is 0 Å². The van der Waals surface area contributed by atoms with Crippen LogP contribution in [-0.2, 0) is 5.41 Å². The Hall–Kier alpha value is -6.58. The molecule has 10 rings (SSSR count). The van der Waals surface area contributed by atoms with Gasteiger partial charge in [0.25, 0.3) is 0 Å². The highest BCUT2D eigenvalue weighted by Crippen LogP contribution is 2.61. The smallest absolute Gasteiger partial charge is 0.152 e. The van der Waals surface area contributed by atoms with Gasteiger partial charge in [0.2, 0.25) is 0 Å². The van der Waals surface area contributed by atoms with Crippen molar-refractivity contribution in [2.75, 3.05) is 9.80 Å². The zero-order valence-electron chi connectivity index (χ0n) is 29.1. The Balaban J connectivity index is 1.10. The first-order chi connectivity index (χ1) is 25.5. The molecule has 0 spiro atoms. The van der Waals surface area contributed by atoms with Gasteiger partial charge in [-0.05, 0) is 99.4 Å². The van der Waals surface area contributed by atoms with E-state index >= 15 is 0 Å². The van der Waals surface area contributed by atoms with Crippen LogP contribution >= 0.6 is 0 Å². The quantitative estimate of drug-likeness (QED) is 0.182. The molecular formula is C49H36N2O. The third-order valence-electron chi connectivity index (χ3n) is 10.8. The minimum atomic E-state index is -0.257. The first-order valence-electron chi connectivity index (χ1n) is 17.9. The molecule has 8 aromatic carbocycles. The van der Waals surface area contributed by atoms with Gasteiger partial charge in [0.05, 0.1) is 17.1 Å². The van der Waals surface area contributed by atoms with Gasteiger partial charge < -0.3 is 14.5 Å². The van der Waals surface area contributed by atoms with Crippen LogP contribution in [0.3, 0.4) is 0 Å². The highest BCUT2D eigenvalue weighted by atomic mass is 16.5. The minimum absolute atomic E-state index is 0.257. The van der Waals surface area contributed by atoms with Gasteiger partial charge in [-0.3, -0.25) is 0 Å². The van der Waals surface area contributed by atoms with Crippen molar-refractivity contribution in [3.63, 3.8) is 0 Å². The van der Waals surface area contributed by atoms with E-state index < -0.39 is 0 Å². The number of para-hydroxylation sites is 2. The van der Waals surface area contributed by atoms with Crippen LogP contribution < -0.4 is 14.5 Å². The molecule has 52 heavy (non-hydrogen) atoms. The van der Waals surface area contributed by atoms with Gasteiger partial charge in [0.15, 0.2) is 11.5 Å². The molecule has 0 bridgehead atoms. The summed E-state index contributed by atoms with van der Waals surface area (Å²) in [5, 5.41) is 2.38. The number of nitrogens with zero attached hydrogens (tertiary/aromatic N) is 2. The van der Waals surface area contributed by atoms with Crippen molar-refractivity contribution in [3.05, 3.63) is 193 Å². The molecule has 248 valence electrons. The van der Waals surface area contributed by atoms with Crippen molar-refractivity contribution in [2.24, 2.45) is 0 Å². The molecule has 0 aliphatic carbocycles. The number of hydrogen-bond acceptors (Lipinski definition) is 3. The topological polar surface area (TPSA) is 15.7 Å². The Morgan fingerprint density at radius 3 is 1.88 bits per heavy atom. The lowest BCUT2D eigenvalue weighted by Gasteiger charge is -2.45. The Morgan fingerprint density at radius 1 is 0.442 bits per heavy atom. The maximum atomic E-state index is 6.62. The predicted molar refractivity (Wildman–Crippen MR) is 216 cm³/mol. The standard InChI is InChI=1S/C49H36N2O/c1-49(2)42-21-12-22-45-48(42)51(47-41-20-10-9-15-35(41)26-30-46(47)52-45)44-29-25-37(32-43(44)49)36-16-11-19-40(31-36)50(38-17-7-4-8-18-38)39-27-23-34(24-28-39)33-13-5-3-6-14-33/h3-32H,1-2H3. The first-order valence-corrected chi connectivity index (χ1v) is 17.9. The number of rotatable bonds is 5. The van der Waals surface area contributed by atoms with Gasteiger partial charge in [0.1, 0.15) is 0 Å². The van der Waals surface area contributed by atoms with Gasteiger partial charge in [-0.25, -0.2) is 0 Å². The number of anilines is 6. The summed E-state index contributed by atoms with van der Waals surface area (Å²) >= 11 is 0. The fourth-order valence-corrected chi connectivity index (χ4v) is 8.20. The molecule has 0 saturated carbocycles. The van der Waals surface area contributed by atoms with Crippen LogP contribution in [0.2, 0.25) is 0 Å². The molecule has 2 aliphatic rings. The summed E-state index contributed by atoms with van der Waals surface area (Å²) in [7, 11) is 0. The van der Waals surface area contributed by atoms with Crippen molar-refractivity contribution < 1.29 is 4.74 Å². The van der Waals surface area contributed by atoms with E-state index in [-0.39, 0.29) is 5.41 Å². The molecule has 8 aromatic rings. The van der Waals surface area contributed by atoms with E-state index in [1.165, 1.54) is 49.8 Å². The van der Waals surface area contributed by atoms with Crippen LogP contribution in [-0.4, -0.2) is 0 Å². The zero-order valence-corrected chi connectivity index (χ0v) is 29.1. The van der Waals surface area contributed by atoms with Crippen LogP contribution in [0.5, 0.6) is 11.5 Å². The zero-order chi connectivity index (χ0) is 34.8. The molecule has 0 radical (unpaired) electrons. The molecule has 0 unspecified atom stereocenters. The Labute approximate surface area is 304 Å². The Kier molecular flexibility index (Phi) is 6.84. The summed E-state index contributed by atoms with van der Waals surface area (Å²) in [5.41, 5.74) is 13.8. The highest BCUT2D eigenvalue weighted by Gasteiger charge is 2.42. The van der Waals surface area contributed by atoms with E-state index in [9.17, 15) is 0 Å². The fourth-order valence-electron chi connectivity index (χ4n) is 8.20. The normalized spacial score (nSPS) is 13.5. The molecule has 3 nitrogen and oxygen atoms in total. The lowest BCUT2D eigenvalue weighted by Crippen LogP contribution is -2.32. The van der Waals surface area contributed by atoms with Gasteiger partial charge in [0, 0.05) is 27.9 Å². The third-order valence-corrected chi connectivity index (χ3v) is 10.8. The van der Waals surface area contributed by atoms with Crippen LogP contribution in [0.1, 0.15) is 25.0 Å². The van der Waals surface area contributed by atoms with E-state index in [0.717, 1.165) is 39.9 Å². The van der Waals surface area contributed by atoms with Gasteiger partial charge in [-0.15, -0.1) is 0 Å². The molecular weight excluding hydrogens is 633 g/mol. The lowest BCUT2D eigenvalue weighted by atomic mass is 9.72. The molecule has 2 aliphatic heterocycles. The van der Waals surface area contributed by atoms with Gasteiger partial charge in [-0.2, -0.15) is 0 Å². The van der Waals surface area contributed by atoms with E-state index in [2.05, 4.69) is 206 Å². The monoisotopic (exact) mass is 668 g/mol.